The molecule has 0 aliphatic rings. The molecule has 0 spiro atoms. The highest BCUT2D eigenvalue weighted by Crippen LogP contribution is 2.06. The van der Waals surface area contributed by atoms with Crippen LogP contribution in [0.3, 0.4) is 0 Å². The van der Waals surface area contributed by atoms with Crippen LogP contribution in [-0.2, 0) is 28.6 Å². The van der Waals surface area contributed by atoms with E-state index >= 15 is 0 Å². The molecule has 0 heterocycles. The molecule has 0 saturated carbocycles. The van der Waals surface area contributed by atoms with Gasteiger partial charge in [0.25, 0.3) is 5.91 Å². The fourth-order valence-electron chi connectivity index (χ4n) is 1.60. The summed E-state index contributed by atoms with van der Waals surface area (Å²) >= 11 is 0. The average Bonchev–Trinajstić information content (AvgIpc) is 2.48. The van der Waals surface area contributed by atoms with Gasteiger partial charge < -0.3 is 19.5 Å². The Kier molecular flexibility index (Phi) is 9.86. The largest absolute Gasteiger partial charge is 0.467 e. The molecular weight excluding hydrogens is 290 g/mol. The molecule has 1 N–H and O–H groups in total. The quantitative estimate of drug-likeness (QED) is 0.474. The molecule has 0 aromatic heterocycles. The lowest BCUT2D eigenvalue weighted by molar-refractivity contribution is -0.158. The summed E-state index contributed by atoms with van der Waals surface area (Å²) in [5, 5.41) is 2.49. The Balaban J connectivity index is 4.31. The van der Waals surface area contributed by atoms with Crippen molar-refractivity contribution in [3.63, 3.8) is 0 Å². The summed E-state index contributed by atoms with van der Waals surface area (Å²) in [6.07, 6.45) is 1.15. The normalized spacial score (nSPS) is 13.1. The van der Waals surface area contributed by atoms with Crippen molar-refractivity contribution in [3.8, 4) is 0 Å². The van der Waals surface area contributed by atoms with Gasteiger partial charge in [-0.3, -0.25) is 4.79 Å². The molecule has 126 valence electrons. The Morgan fingerprint density at radius 1 is 1.18 bits per heavy atom. The van der Waals surface area contributed by atoms with Crippen LogP contribution in [0.4, 0.5) is 0 Å². The molecule has 0 aliphatic heterocycles. The van der Waals surface area contributed by atoms with Crippen molar-refractivity contribution in [2.24, 2.45) is 5.92 Å². The minimum atomic E-state index is -0.794. The standard InChI is InChI=1S/C15H25NO6/c1-6-7-21-11(4)14(18)22-9-13(17)16-12(8-10(2)3)15(19)20-5/h6,10-12H,1,7-9H2,2-5H3,(H,16,17). The molecule has 22 heavy (non-hydrogen) atoms. The first-order chi connectivity index (χ1) is 10.3. The SMILES string of the molecule is C=CCOC(C)C(=O)OCC(=O)NC(CC(C)C)C(=O)OC. The number of hydrogen-bond acceptors (Lipinski definition) is 6. The van der Waals surface area contributed by atoms with E-state index in [2.05, 4.69) is 16.6 Å². The summed E-state index contributed by atoms with van der Waals surface area (Å²) in [7, 11) is 1.25. The van der Waals surface area contributed by atoms with Crippen LogP contribution in [0.25, 0.3) is 0 Å². The van der Waals surface area contributed by atoms with Gasteiger partial charge in [0.2, 0.25) is 0 Å². The second kappa shape index (κ2) is 10.8. The van der Waals surface area contributed by atoms with E-state index in [-0.39, 0.29) is 12.5 Å². The zero-order valence-electron chi connectivity index (χ0n) is 13.6. The zero-order valence-corrected chi connectivity index (χ0v) is 13.6. The molecule has 1 amide bonds. The summed E-state index contributed by atoms with van der Waals surface area (Å²) in [6, 6.07) is -0.759. The van der Waals surface area contributed by atoms with Gasteiger partial charge in [-0.15, -0.1) is 6.58 Å². The van der Waals surface area contributed by atoms with Gasteiger partial charge >= 0.3 is 11.9 Å². The van der Waals surface area contributed by atoms with E-state index in [1.807, 2.05) is 13.8 Å². The Labute approximate surface area is 131 Å². The Morgan fingerprint density at radius 2 is 1.82 bits per heavy atom. The fourth-order valence-corrected chi connectivity index (χ4v) is 1.60. The highest BCUT2D eigenvalue weighted by molar-refractivity contribution is 5.86. The van der Waals surface area contributed by atoms with Crippen molar-refractivity contribution in [1.82, 2.24) is 5.32 Å². The Morgan fingerprint density at radius 3 is 2.32 bits per heavy atom. The van der Waals surface area contributed by atoms with Crippen molar-refractivity contribution in [2.75, 3.05) is 20.3 Å². The van der Waals surface area contributed by atoms with Crippen LogP contribution in [0.1, 0.15) is 27.2 Å². The number of methoxy groups -OCH3 is 1. The van der Waals surface area contributed by atoms with E-state index in [1.54, 1.807) is 0 Å². The zero-order chi connectivity index (χ0) is 17.1. The Bertz CT molecular complexity index is 393. The van der Waals surface area contributed by atoms with E-state index in [1.165, 1.54) is 20.1 Å². The van der Waals surface area contributed by atoms with Crippen molar-refractivity contribution >= 4 is 17.8 Å². The van der Waals surface area contributed by atoms with Gasteiger partial charge in [-0.2, -0.15) is 0 Å². The molecule has 0 aromatic carbocycles. The van der Waals surface area contributed by atoms with E-state index in [0.717, 1.165) is 0 Å². The van der Waals surface area contributed by atoms with Crippen LogP contribution in [0, 0.1) is 5.92 Å². The van der Waals surface area contributed by atoms with Gasteiger partial charge in [0.15, 0.2) is 12.7 Å². The second-order valence-electron chi connectivity index (χ2n) is 5.14. The van der Waals surface area contributed by atoms with Gasteiger partial charge in [0.1, 0.15) is 6.04 Å². The highest BCUT2D eigenvalue weighted by Gasteiger charge is 2.23. The maximum absolute atomic E-state index is 11.7. The van der Waals surface area contributed by atoms with E-state index in [0.29, 0.717) is 6.42 Å². The second-order valence-corrected chi connectivity index (χ2v) is 5.14. The number of carbonyl (C=O) groups is 3. The first-order valence-electron chi connectivity index (χ1n) is 7.08. The average molecular weight is 315 g/mol. The first-order valence-corrected chi connectivity index (χ1v) is 7.08. The van der Waals surface area contributed by atoms with Crippen LogP contribution in [0.2, 0.25) is 0 Å². The molecule has 0 rings (SSSR count). The predicted octanol–water partition coefficient (Wildman–Crippen LogP) is 0.825. The van der Waals surface area contributed by atoms with Crippen LogP contribution in [-0.4, -0.2) is 50.3 Å². The number of hydrogen-bond donors (Lipinski definition) is 1. The molecule has 0 saturated heterocycles. The maximum Gasteiger partial charge on any atom is 0.335 e. The molecule has 0 bridgehead atoms. The Hall–Kier alpha value is -1.89. The van der Waals surface area contributed by atoms with E-state index in [9.17, 15) is 14.4 Å². The highest BCUT2D eigenvalue weighted by atomic mass is 16.6. The summed E-state index contributed by atoms with van der Waals surface area (Å²) in [5.41, 5.74) is 0. The number of rotatable bonds is 10. The van der Waals surface area contributed by atoms with Crippen molar-refractivity contribution in [2.45, 2.75) is 39.3 Å². The molecular formula is C15H25NO6. The lowest BCUT2D eigenvalue weighted by Gasteiger charge is -2.18. The molecule has 2 atom stereocenters. The first kappa shape index (κ1) is 20.1. The van der Waals surface area contributed by atoms with Gasteiger partial charge in [-0.1, -0.05) is 19.9 Å². The number of amides is 1. The van der Waals surface area contributed by atoms with Crippen LogP contribution >= 0.6 is 0 Å². The van der Waals surface area contributed by atoms with E-state index < -0.39 is 36.6 Å². The molecule has 0 fully saturated rings. The topological polar surface area (TPSA) is 90.9 Å². The number of ether oxygens (including phenoxy) is 3. The van der Waals surface area contributed by atoms with E-state index in [4.69, 9.17) is 9.47 Å². The molecule has 0 aromatic rings. The van der Waals surface area contributed by atoms with Crippen LogP contribution in [0.15, 0.2) is 12.7 Å². The van der Waals surface area contributed by atoms with Gasteiger partial charge in [-0.05, 0) is 19.3 Å². The summed E-state index contributed by atoms with van der Waals surface area (Å²) in [6.45, 7) is 8.54. The predicted molar refractivity (Wildman–Crippen MR) is 80.0 cm³/mol. The number of esters is 2. The number of carbonyl (C=O) groups excluding carboxylic acids is 3. The van der Waals surface area contributed by atoms with Gasteiger partial charge in [0.05, 0.1) is 13.7 Å². The summed E-state index contributed by atoms with van der Waals surface area (Å²) in [5.74, 6) is -1.56. The number of nitrogens with one attached hydrogen (secondary N) is 1. The van der Waals surface area contributed by atoms with Crippen molar-refractivity contribution < 1.29 is 28.6 Å². The summed E-state index contributed by atoms with van der Waals surface area (Å²) < 4.78 is 14.5. The minimum Gasteiger partial charge on any atom is -0.467 e. The molecule has 7 heteroatoms. The monoisotopic (exact) mass is 315 g/mol. The minimum absolute atomic E-state index is 0.194. The van der Waals surface area contributed by atoms with Crippen LogP contribution in [0.5, 0.6) is 0 Å². The third kappa shape index (κ3) is 8.41. The van der Waals surface area contributed by atoms with Crippen molar-refractivity contribution in [3.05, 3.63) is 12.7 Å². The summed E-state index contributed by atoms with van der Waals surface area (Å²) in [4.78, 5) is 34.9. The third-order valence-electron chi connectivity index (χ3n) is 2.67. The molecule has 0 radical (unpaired) electrons. The van der Waals surface area contributed by atoms with Crippen molar-refractivity contribution in [1.29, 1.82) is 0 Å². The van der Waals surface area contributed by atoms with Gasteiger partial charge in [0, 0.05) is 0 Å². The molecule has 2 unspecified atom stereocenters. The van der Waals surface area contributed by atoms with Crippen LogP contribution < -0.4 is 5.32 Å². The smallest absolute Gasteiger partial charge is 0.335 e. The molecule has 7 nitrogen and oxygen atoms in total. The van der Waals surface area contributed by atoms with Gasteiger partial charge in [-0.25, -0.2) is 9.59 Å². The lowest BCUT2D eigenvalue weighted by atomic mass is 10.0. The third-order valence-corrected chi connectivity index (χ3v) is 2.67. The molecule has 0 aliphatic carbocycles. The fraction of sp³-hybridized carbons (Fsp3) is 0.667. The maximum atomic E-state index is 11.7. The lowest BCUT2D eigenvalue weighted by Crippen LogP contribution is -2.44.